The van der Waals surface area contributed by atoms with Gasteiger partial charge in [0.1, 0.15) is 11.3 Å². The zero-order valence-corrected chi connectivity index (χ0v) is 19.5. The van der Waals surface area contributed by atoms with Gasteiger partial charge in [-0.15, -0.1) is 0 Å². The molecule has 0 bridgehead atoms. The van der Waals surface area contributed by atoms with Gasteiger partial charge in [0.2, 0.25) is 0 Å². The van der Waals surface area contributed by atoms with Crippen LogP contribution in [0.1, 0.15) is 27.8 Å². The average molecular weight is 480 g/mol. The van der Waals surface area contributed by atoms with Crippen molar-refractivity contribution in [3.63, 3.8) is 0 Å². The number of aryl methyl sites for hydroxylation is 1. The third kappa shape index (κ3) is 4.40. The summed E-state index contributed by atoms with van der Waals surface area (Å²) in [5.74, 6) is -0.310. The van der Waals surface area contributed by atoms with Crippen LogP contribution in [0.4, 0.5) is 5.69 Å². The Morgan fingerprint density at radius 2 is 2.12 bits per heavy atom. The second kappa shape index (κ2) is 9.50. The van der Waals surface area contributed by atoms with Crippen molar-refractivity contribution in [3.8, 4) is 11.1 Å². The summed E-state index contributed by atoms with van der Waals surface area (Å²) in [6.07, 6.45) is 3.70. The summed E-state index contributed by atoms with van der Waals surface area (Å²) in [6.45, 7) is 4.84. The van der Waals surface area contributed by atoms with E-state index < -0.39 is 6.04 Å². The van der Waals surface area contributed by atoms with Gasteiger partial charge in [0.15, 0.2) is 0 Å². The molecule has 3 aromatic heterocycles. The van der Waals surface area contributed by atoms with Crippen molar-refractivity contribution in [2.24, 2.45) is 0 Å². The highest BCUT2D eigenvalue weighted by Gasteiger charge is 2.20. The van der Waals surface area contributed by atoms with Gasteiger partial charge in [0, 0.05) is 46.5 Å². The maximum absolute atomic E-state index is 12.9. The lowest BCUT2D eigenvalue weighted by Gasteiger charge is -2.28. The molecule has 0 radical (unpaired) electrons. The Balaban J connectivity index is 1.41. The molecule has 4 heterocycles. The van der Waals surface area contributed by atoms with Gasteiger partial charge >= 0.3 is 0 Å². The highest BCUT2D eigenvalue weighted by Crippen LogP contribution is 2.34. The molecule has 1 amide bonds. The van der Waals surface area contributed by atoms with Crippen LogP contribution < -0.4 is 10.2 Å². The molecule has 9 heteroatoms. The lowest BCUT2D eigenvalue weighted by atomic mass is 10.1. The Kier molecular flexibility index (Phi) is 6.28. The molecule has 0 saturated carbocycles. The van der Waals surface area contributed by atoms with Crippen LogP contribution in [-0.2, 0) is 4.74 Å². The first-order valence-corrected chi connectivity index (χ1v) is 11.6. The number of morpholine rings is 1. The molecule has 1 saturated heterocycles. The average Bonchev–Trinajstić information content (AvgIpc) is 3.46. The molecule has 0 spiro atoms. The van der Waals surface area contributed by atoms with Crippen LogP contribution in [0, 0.1) is 6.92 Å². The number of nitrogens with zero attached hydrogens (tertiary/aromatic N) is 2. The van der Waals surface area contributed by atoms with Gasteiger partial charge in [-0.1, -0.05) is 23.7 Å². The lowest BCUT2D eigenvalue weighted by molar-refractivity contribution is 0.0911. The van der Waals surface area contributed by atoms with Crippen LogP contribution in [0.25, 0.3) is 22.2 Å². The molecule has 1 aromatic carbocycles. The molecule has 1 aliphatic rings. The molecule has 5 rings (SSSR count). The highest BCUT2D eigenvalue weighted by molar-refractivity contribution is 6.30. The van der Waals surface area contributed by atoms with E-state index in [-0.39, 0.29) is 12.5 Å². The number of hydrogen-bond acceptors (Lipinski definition) is 5. The van der Waals surface area contributed by atoms with Crippen LogP contribution in [0.5, 0.6) is 0 Å². The molecule has 0 aliphatic carbocycles. The second-order valence-corrected chi connectivity index (χ2v) is 8.82. The lowest BCUT2D eigenvalue weighted by Crippen LogP contribution is -2.36. The van der Waals surface area contributed by atoms with Crippen molar-refractivity contribution in [3.05, 3.63) is 70.8 Å². The Morgan fingerprint density at radius 3 is 2.88 bits per heavy atom. The van der Waals surface area contributed by atoms with Gasteiger partial charge in [0.05, 0.1) is 37.7 Å². The molecule has 176 valence electrons. The van der Waals surface area contributed by atoms with Crippen LogP contribution in [0.2, 0.25) is 5.02 Å². The Morgan fingerprint density at radius 1 is 1.29 bits per heavy atom. The standard InChI is InChI=1S/C25H26ClN5O3/c1-15-23(20-11-19(13-28-24(20)29-15)31-5-7-34-8-6-31)17-10-21(27-12-17)25(33)30-22(14-32)16-3-2-4-18(26)9-16/h2-4,9-13,22,27,32H,5-8,14H2,1H3,(H,28,29)(H,30,33). The number of carbonyl (C=O) groups is 1. The second-order valence-electron chi connectivity index (χ2n) is 8.38. The molecule has 8 nitrogen and oxygen atoms in total. The van der Waals surface area contributed by atoms with E-state index in [0.717, 1.165) is 52.2 Å². The summed E-state index contributed by atoms with van der Waals surface area (Å²) in [5.41, 5.74) is 5.86. The van der Waals surface area contributed by atoms with E-state index in [1.54, 1.807) is 18.2 Å². The van der Waals surface area contributed by atoms with Crippen molar-refractivity contribution in [1.82, 2.24) is 20.3 Å². The van der Waals surface area contributed by atoms with Gasteiger partial charge < -0.3 is 30.0 Å². The van der Waals surface area contributed by atoms with Gasteiger partial charge in [-0.05, 0) is 36.8 Å². The molecule has 4 N–H and O–H groups in total. The van der Waals surface area contributed by atoms with Gasteiger partial charge in [-0.3, -0.25) is 4.79 Å². The van der Waals surface area contributed by atoms with Crippen molar-refractivity contribution < 1.29 is 14.6 Å². The first-order chi connectivity index (χ1) is 16.5. The Hall–Kier alpha value is -3.33. The fraction of sp³-hybridized carbons (Fsp3) is 0.280. The minimum Gasteiger partial charge on any atom is -0.394 e. The number of aliphatic hydroxyl groups excluding tert-OH is 1. The van der Waals surface area contributed by atoms with Gasteiger partial charge in [0.25, 0.3) is 5.91 Å². The van der Waals surface area contributed by atoms with Crippen molar-refractivity contribution in [2.45, 2.75) is 13.0 Å². The molecule has 1 aliphatic heterocycles. The van der Waals surface area contributed by atoms with E-state index >= 15 is 0 Å². The number of amides is 1. The summed E-state index contributed by atoms with van der Waals surface area (Å²) in [4.78, 5) is 26.3. The van der Waals surface area contributed by atoms with Gasteiger partial charge in [-0.2, -0.15) is 0 Å². The molecular formula is C25H26ClN5O3. The van der Waals surface area contributed by atoms with Crippen LogP contribution in [0.15, 0.2) is 48.8 Å². The smallest absolute Gasteiger partial charge is 0.268 e. The number of H-pyrrole nitrogens is 2. The predicted octanol–water partition coefficient (Wildman–Crippen LogP) is 3.82. The summed E-state index contributed by atoms with van der Waals surface area (Å²) in [6, 6.07) is 10.5. The molecule has 1 unspecified atom stereocenters. The largest absolute Gasteiger partial charge is 0.394 e. The number of carbonyl (C=O) groups excluding carboxylic acids is 1. The maximum atomic E-state index is 12.9. The number of rotatable bonds is 6. The van der Waals surface area contributed by atoms with Crippen molar-refractivity contribution >= 4 is 34.2 Å². The number of pyridine rings is 1. The number of nitrogens with one attached hydrogen (secondary N) is 3. The fourth-order valence-electron chi connectivity index (χ4n) is 4.42. The normalized spacial score (nSPS) is 15.0. The monoisotopic (exact) mass is 479 g/mol. The van der Waals surface area contributed by atoms with Gasteiger partial charge in [-0.25, -0.2) is 4.98 Å². The first kappa shape index (κ1) is 22.5. The highest BCUT2D eigenvalue weighted by atomic mass is 35.5. The minimum atomic E-state index is -0.562. The number of aromatic nitrogens is 3. The molecule has 1 fully saturated rings. The summed E-state index contributed by atoms with van der Waals surface area (Å²) in [5, 5.41) is 14.2. The SMILES string of the molecule is Cc1[nH]c2ncc(N3CCOCC3)cc2c1-c1c[nH]c(C(=O)NC(CO)c2cccc(Cl)c2)c1. The third-order valence-corrected chi connectivity index (χ3v) is 6.39. The van der Waals surface area contributed by atoms with Crippen LogP contribution >= 0.6 is 11.6 Å². The zero-order chi connectivity index (χ0) is 23.7. The first-order valence-electron chi connectivity index (χ1n) is 11.2. The number of aliphatic hydroxyl groups is 1. The van der Waals surface area contributed by atoms with Crippen molar-refractivity contribution in [2.75, 3.05) is 37.8 Å². The van der Waals surface area contributed by atoms with E-state index in [1.165, 1.54) is 0 Å². The van der Waals surface area contributed by atoms with E-state index in [0.29, 0.717) is 23.9 Å². The zero-order valence-electron chi connectivity index (χ0n) is 18.8. The third-order valence-electron chi connectivity index (χ3n) is 6.15. The van der Waals surface area contributed by atoms with E-state index in [2.05, 4.69) is 31.2 Å². The number of ether oxygens (including phenoxy) is 1. The van der Waals surface area contributed by atoms with Crippen molar-refractivity contribution in [1.29, 1.82) is 0 Å². The summed E-state index contributed by atoms with van der Waals surface area (Å²) in [7, 11) is 0. The Labute approximate surface area is 201 Å². The topological polar surface area (TPSA) is 106 Å². The van der Waals surface area contributed by atoms with E-state index in [9.17, 15) is 9.90 Å². The number of aromatic amines is 2. The van der Waals surface area contributed by atoms with Crippen LogP contribution in [-0.4, -0.2) is 58.9 Å². The van der Waals surface area contributed by atoms with E-state index in [4.69, 9.17) is 16.3 Å². The number of anilines is 1. The molecule has 4 aromatic rings. The summed E-state index contributed by atoms with van der Waals surface area (Å²) < 4.78 is 5.47. The fourth-order valence-corrected chi connectivity index (χ4v) is 4.61. The predicted molar refractivity (Wildman–Crippen MR) is 132 cm³/mol. The van der Waals surface area contributed by atoms with E-state index in [1.807, 2.05) is 31.5 Å². The molecular weight excluding hydrogens is 454 g/mol. The summed E-state index contributed by atoms with van der Waals surface area (Å²) >= 11 is 6.07. The maximum Gasteiger partial charge on any atom is 0.268 e. The number of fused-ring (bicyclic) bond motifs is 1. The molecule has 34 heavy (non-hydrogen) atoms. The van der Waals surface area contributed by atoms with Crippen LogP contribution in [0.3, 0.4) is 0 Å². The number of hydrogen-bond donors (Lipinski definition) is 4. The Bertz CT molecular complexity index is 1330. The number of halogens is 1. The molecule has 1 atom stereocenters. The quantitative estimate of drug-likeness (QED) is 0.336. The number of benzene rings is 1. The minimum absolute atomic E-state index is 0.239.